The highest BCUT2D eigenvalue weighted by atomic mass is 16.5. The molecular formula is C25H31N3O2. The molecule has 2 aliphatic heterocycles. The molecule has 0 radical (unpaired) electrons. The molecule has 0 bridgehead atoms. The number of fused-ring (bicyclic) bond motifs is 1. The van der Waals surface area contributed by atoms with Gasteiger partial charge in [-0.1, -0.05) is 24.3 Å². The van der Waals surface area contributed by atoms with Gasteiger partial charge in [-0.2, -0.15) is 0 Å². The maximum Gasteiger partial charge on any atom is 0.220 e. The van der Waals surface area contributed by atoms with Gasteiger partial charge < -0.3 is 10.1 Å². The van der Waals surface area contributed by atoms with Crippen molar-refractivity contribution in [3.05, 3.63) is 59.9 Å². The van der Waals surface area contributed by atoms with E-state index in [2.05, 4.69) is 39.5 Å². The molecule has 1 amide bonds. The minimum absolute atomic E-state index is 0.156. The van der Waals surface area contributed by atoms with Crippen molar-refractivity contribution in [1.29, 1.82) is 0 Å². The number of likely N-dealkylation sites (tertiary alicyclic amines) is 1. The number of amides is 1. The number of benzene rings is 1. The molecule has 3 heterocycles. The molecule has 2 aromatic rings. The maximum atomic E-state index is 12.7. The van der Waals surface area contributed by atoms with Crippen LogP contribution in [-0.2, 0) is 11.3 Å². The van der Waals surface area contributed by atoms with Crippen molar-refractivity contribution in [1.82, 2.24) is 15.2 Å². The molecule has 158 valence electrons. The summed E-state index contributed by atoms with van der Waals surface area (Å²) in [6.45, 7) is 2.89. The highest BCUT2D eigenvalue weighted by Crippen LogP contribution is 2.46. The number of nitrogens with one attached hydrogen (secondary N) is 1. The monoisotopic (exact) mass is 405 g/mol. The smallest absolute Gasteiger partial charge is 0.220 e. The van der Waals surface area contributed by atoms with E-state index in [4.69, 9.17) is 4.74 Å². The predicted molar refractivity (Wildman–Crippen MR) is 116 cm³/mol. The van der Waals surface area contributed by atoms with Crippen molar-refractivity contribution < 1.29 is 9.53 Å². The first-order valence-corrected chi connectivity index (χ1v) is 11.4. The summed E-state index contributed by atoms with van der Waals surface area (Å²) in [4.78, 5) is 19.6. The Bertz CT molecular complexity index is 873. The van der Waals surface area contributed by atoms with Crippen molar-refractivity contribution in [3.63, 3.8) is 0 Å². The van der Waals surface area contributed by atoms with Crippen LogP contribution in [-0.4, -0.2) is 40.5 Å². The lowest BCUT2D eigenvalue weighted by molar-refractivity contribution is -0.123. The SMILES string of the molecule is O=C(C[C@H]1CC2(CCN(Cc3ccccn3)CC2)Oc2ccccc21)NC1CCC1. The van der Waals surface area contributed by atoms with Gasteiger partial charge in [0, 0.05) is 44.2 Å². The second kappa shape index (κ2) is 8.38. The quantitative estimate of drug-likeness (QED) is 0.816. The number of aromatic nitrogens is 1. The maximum absolute atomic E-state index is 12.7. The van der Waals surface area contributed by atoms with Crippen LogP contribution in [0.15, 0.2) is 48.7 Å². The minimum Gasteiger partial charge on any atom is -0.487 e. The summed E-state index contributed by atoms with van der Waals surface area (Å²) in [6.07, 6.45) is 8.85. The summed E-state index contributed by atoms with van der Waals surface area (Å²) in [6, 6.07) is 14.8. The number of para-hydroxylation sites is 1. The molecule has 1 spiro atoms. The lowest BCUT2D eigenvalue weighted by Crippen LogP contribution is -2.50. The molecule has 1 aromatic carbocycles. The first kappa shape index (κ1) is 19.6. The summed E-state index contributed by atoms with van der Waals surface area (Å²) >= 11 is 0. The molecule has 3 aliphatic rings. The van der Waals surface area contributed by atoms with E-state index >= 15 is 0 Å². The predicted octanol–water partition coefficient (Wildman–Crippen LogP) is 4.04. The van der Waals surface area contributed by atoms with E-state index in [1.165, 1.54) is 12.0 Å². The van der Waals surface area contributed by atoms with Crippen molar-refractivity contribution >= 4 is 5.91 Å². The molecule has 0 unspecified atom stereocenters. The van der Waals surface area contributed by atoms with Gasteiger partial charge in [-0.05, 0) is 62.3 Å². The van der Waals surface area contributed by atoms with E-state index in [1.54, 1.807) is 0 Å². The molecule has 30 heavy (non-hydrogen) atoms. The van der Waals surface area contributed by atoms with Gasteiger partial charge in [-0.15, -0.1) is 0 Å². The van der Waals surface area contributed by atoms with Gasteiger partial charge in [0.25, 0.3) is 0 Å². The van der Waals surface area contributed by atoms with Crippen LogP contribution >= 0.6 is 0 Å². The minimum atomic E-state index is -0.156. The molecule has 5 heteroatoms. The summed E-state index contributed by atoms with van der Waals surface area (Å²) in [7, 11) is 0. The molecule has 5 rings (SSSR count). The third kappa shape index (κ3) is 4.22. The highest BCUT2D eigenvalue weighted by Gasteiger charge is 2.43. The molecule has 1 aliphatic carbocycles. The van der Waals surface area contributed by atoms with Gasteiger partial charge in [-0.3, -0.25) is 14.7 Å². The van der Waals surface area contributed by atoms with Crippen LogP contribution in [0.5, 0.6) is 5.75 Å². The normalized spacial score (nSPS) is 23.3. The Morgan fingerprint density at radius 1 is 1.13 bits per heavy atom. The molecular weight excluding hydrogens is 374 g/mol. The first-order valence-electron chi connectivity index (χ1n) is 11.4. The zero-order valence-electron chi connectivity index (χ0n) is 17.6. The zero-order chi connectivity index (χ0) is 20.4. The average Bonchev–Trinajstić information content (AvgIpc) is 2.73. The Kier molecular flexibility index (Phi) is 5.47. The van der Waals surface area contributed by atoms with Crippen molar-refractivity contribution in [2.24, 2.45) is 0 Å². The summed E-state index contributed by atoms with van der Waals surface area (Å²) in [5.74, 6) is 1.41. The zero-order valence-corrected chi connectivity index (χ0v) is 17.6. The lowest BCUT2D eigenvalue weighted by Gasteiger charge is -2.47. The fourth-order valence-electron chi connectivity index (χ4n) is 5.14. The van der Waals surface area contributed by atoms with Crippen LogP contribution in [0, 0.1) is 0 Å². The molecule has 1 atom stereocenters. The van der Waals surface area contributed by atoms with Gasteiger partial charge in [0.2, 0.25) is 5.91 Å². The molecule has 1 saturated heterocycles. The number of pyridine rings is 1. The molecule has 1 N–H and O–H groups in total. The third-order valence-electron chi connectivity index (χ3n) is 7.08. The number of rotatable bonds is 5. The largest absolute Gasteiger partial charge is 0.487 e. The van der Waals surface area contributed by atoms with E-state index in [0.717, 1.165) is 63.2 Å². The molecule has 5 nitrogen and oxygen atoms in total. The van der Waals surface area contributed by atoms with Crippen LogP contribution in [0.4, 0.5) is 0 Å². The van der Waals surface area contributed by atoms with Gasteiger partial charge in [0.15, 0.2) is 0 Å². The van der Waals surface area contributed by atoms with E-state index in [0.29, 0.717) is 12.5 Å². The number of hydrogen-bond donors (Lipinski definition) is 1. The van der Waals surface area contributed by atoms with Crippen LogP contribution in [0.1, 0.15) is 62.1 Å². The average molecular weight is 406 g/mol. The Labute approximate surface area is 178 Å². The Morgan fingerprint density at radius 3 is 2.67 bits per heavy atom. The summed E-state index contributed by atoms with van der Waals surface area (Å²) in [5, 5.41) is 3.23. The topological polar surface area (TPSA) is 54.5 Å². The van der Waals surface area contributed by atoms with Crippen LogP contribution in [0.25, 0.3) is 0 Å². The Hall–Kier alpha value is -2.40. The second-order valence-corrected chi connectivity index (χ2v) is 9.22. The number of carbonyl (C=O) groups is 1. The van der Waals surface area contributed by atoms with Crippen molar-refractivity contribution in [2.45, 2.75) is 69.1 Å². The van der Waals surface area contributed by atoms with Crippen molar-refractivity contribution in [2.75, 3.05) is 13.1 Å². The fourth-order valence-corrected chi connectivity index (χ4v) is 5.14. The number of nitrogens with zero attached hydrogens (tertiary/aromatic N) is 2. The van der Waals surface area contributed by atoms with Gasteiger partial charge >= 0.3 is 0 Å². The molecule has 1 saturated carbocycles. The molecule has 1 aromatic heterocycles. The van der Waals surface area contributed by atoms with Gasteiger partial charge in [0.05, 0.1) is 5.69 Å². The lowest BCUT2D eigenvalue weighted by atomic mass is 9.76. The van der Waals surface area contributed by atoms with E-state index in [9.17, 15) is 4.79 Å². The summed E-state index contributed by atoms with van der Waals surface area (Å²) < 4.78 is 6.61. The number of hydrogen-bond acceptors (Lipinski definition) is 4. The van der Waals surface area contributed by atoms with E-state index in [1.807, 2.05) is 24.4 Å². The van der Waals surface area contributed by atoms with Gasteiger partial charge in [0.1, 0.15) is 11.4 Å². The van der Waals surface area contributed by atoms with E-state index in [-0.39, 0.29) is 17.4 Å². The first-order chi connectivity index (χ1) is 14.7. The number of piperidine rings is 1. The van der Waals surface area contributed by atoms with Crippen LogP contribution in [0.2, 0.25) is 0 Å². The molecule has 2 fully saturated rings. The third-order valence-corrected chi connectivity index (χ3v) is 7.08. The Balaban J connectivity index is 1.26. The highest BCUT2D eigenvalue weighted by molar-refractivity contribution is 5.77. The standard InChI is InChI=1S/C25H31N3O2/c29-24(27-20-7-5-8-20)16-19-17-25(30-23-10-2-1-9-22(19)23)11-14-28(15-12-25)18-21-6-3-4-13-26-21/h1-4,6,9-10,13,19-20H,5,7-8,11-12,14-18H2,(H,27,29)/t19-/m0/s1. The number of carbonyl (C=O) groups excluding carboxylic acids is 1. The second-order valence-electron chi connectivity index (χ2n) is 9.22. The Morgan fingerprint density at radius 2 is 1.93 bits per heavy atom. The fraction of sp³-hybridized carbons (Fsp3) is 0.520. The van der Waals surface area contributed by atoms with Crippen LogP contribution in [0.3, 0.4) is 0 Å². The van der Waals surface area contributed by atoms with E-state index < -0.39 is 0 Å². The summed E-state index contributed by atoms with van der Waals surface area (Å²) in [5.41, 5.74) is 2.16. The van der Waals surface area contributed by atoms with Crippen molar-refractivity contribution in [3.8, 4) is 5.75 Å². The van der Waals surface area contributed by atoms with Gasteiger partial charge in [-0.25, -0.2) is 0 Å². The number of ether oxygens (including phenoxy) is 1. The van der Waals surface area contributed by atoms with Crippen LogP contribution < -0.4 is 10.1 Å².